The van der Waals surface area contributed by atoms with Gasteiger partial charge in [-0.1, -0.05) is 42.5 Å². The maximum atomic E-state index is 5.77. The first kappa shape index (κ1) is 13.4. The summed E-state index contributed by atoms with van der Waals surface area (Å²) in [6.45, 7) is 0.798. The molecule has 0 heterocycles. The zero-order valence-electron chi connectivity index (χ0n) is 10.3. The molecule has 94 valence electrons. The second kappa shape index (κ2) is 7.41. The van der Waals surface area contributed by atoms with E-state index in [0.717, 1.165) is 25.2 Å². The molecule has 0 amide bonds. The molecule has 0 fully saturated rings. The van der Waals surface area contributed by atoms with Gasteiger partial charge < -0.3 is 4.74 Å². The Hall–Kier alpha value is -1.03. The number of ether oxygens (including phenoxy) is 1. The zero-order valence-corrected chi connectivity index (χ0v) is 12.5. The van der Waals surface area contributed by atoms with Crippen LogP contribution in [0, 0.1) is 3.57 Å². The van der Waals surface area contributed by atoms with E-state index in [0.29, 0.717) is 0 Å². The van der Waals surface area contributed by atoms with Gasteiger partial charge >= 0.3 is 0 Å². The smallest absolute Gasteiger partial charge is 0.132 e. The molecule has 2 aromatic carbocycles. The van der Waals surface area contributed by atoms with E-state index in [1.54, 1.807) is 0 Å². The van der Waals surface area contributed by atoms with E-state index in [2.05, 4.69) is 59.0 Å². The molecule has 0 atom stereocenters. The Morgan fingerprint density at radius 2 is 1.56 bits per heavy atom. The van der Waals surface area contributed by atoms with Crippen LogP contribution >= 0.6 is 22.6 Å². The third-order valence-electron chi connectivity index (χ3n) is 2.80. The number of unbranched alkanes of at least 4 members (excludes halogenated alkanes) is 1. The maximum absolute atomic E-state index is 5.77. The van der Waals surface area contributed by atoms with Gasteiger partial charge in [-0.05, 0) is 59.5 Å². The van der Waals surface area contributed by atoms with Gasteiger partial charge in [-0.3, -0.25) is 0 Å². The van der Waals surface area contributed by atoms with E-state index in [4.69, 9.17) is 4.74 Å². The van der Waals surface area contributed by atoms with Crippen molar-refractivity contribution in [3.8, 4) is 5.75 Å². The number of hydrogen-bond acceptors (Lipinski definition) is 1. The lowest BCUT2D eigenvalue weighted by atomic mass is 10.1. The second-order valence-electron chi connectivity index (χ2n) is 4.22. The summed E-state index contributed by atoms with van der Waals surface area (Å²) in [6.07, 6.45) is 3.41. The first-order valence-electron chi connectivity index (χ1n) is 6.27. The molecule has 18 heavy (non-hydrogen) atoms. The normalized spacial score (nSPS) is 10.3. The topological polar surface area (TPSA) is 9.23 Å². The van der Waals surface area contributed by atoms with Crippen LogP contribution in [0.3, 0.4) is 0 Å². The van der Waals surface area contributed by atoms with Crippen LogP contribution < -0.4 is 4.74 Å². The molecule has 2 heteroatoms. The molecule has 0 saturated heterocycles. The molecule has 0 aliphatic carbocycles. The molecule has 0 unspecified atom stereocenters. The lowest BCUT2D eigenvalue weighted by Crippen LogP contribution is -1.99. The molecule has 0 bridgehead atoms. The average molecular weight is 352 g/mol. The summed E-state index contributed by atoms with van der Waals surface area (Å²) in [5.74, 6) is 0.998. The Morgan fingerprint density at radius 3 is 2.33 bits per heavy atom. The molecule has 0 aliphatic heterocycles. The molecular weight excluding hydrogens is 335 g/mol. The maximum Gasteiger partial charge on any atom is 0.132 e. The fourth-order valence-electron chi connectivity index (χ4n) is 1.82. The Kier molecular flexibility index (Phi) is 5.52. The number of halogens is 1. The largest absolute Gasteiger partial charge is 0.492 e. The van der Waals surface area contributed by atoms with Crippen LogP contribution in [0.5, 0.6) is 5.75 Å². The minimum absolute atomic E-state index is 0.798. The third kappa shape index (κ3) is 4.33. The van der Waals surface area contributed by atoms with Crippen LogP contribution in [0.15, 0.2) is 54.6 Å². The van der Waals surface area contributed by atoms with Crippen molar-refractivity contribution in [2.45, 2.75) is 19.3 Å². The van der Waals surface area contributed by atoms with Gasteiger partial charge in [0, 0.05) is 0 Å². The third-order valence-corrected chi connectivity index (χ3v) is 3.69. The van der Waals surface area contributed by atoms with Crippen LogP contribution in [0.25, 0.3) is 0 Å². The first-order chi connectivity index (χ1) is 8.86. The summed E-state index contributed by atoms with van der Waals surface area (Å²) in [7, 11) is 0. The molecule has 0 saturated carbocycles. The molecule has 1 nitrogen and oxygen atoms in total. The summed E-state index contributed by atoms with van der Waals surface area (Å²) in [6, 6.07) is 18.8. The minimum Gasteiger partial charge on any atom is -0.492 e. The van der Waals surface area contributed by atoms with Crippen molar-refractivity contribution in [2.24, 2.45) is 0 Å². The highest BCUT2D eigenvalue weighted by molar-refractivity contribution is 14.1. The van der Waals surface area contributed by atoms with E-state index >= 15 is 0 Å². The van der Waals surface area contributed by atoms with Gasteiger partial charge in [0.15, 0.2) is 0 Å². The Labute approximate surface area is 122 Å². The SMILES string of the molecule is Ic1ccccc1OCCCCc1ccccc1. The molecular formula is C16H17IO. The highest BCUT2D eigenvalue weighted by Crippen LogP contribution is 2.19. The van der Waals surface area contributed by atoms with Crippen LogP contribution in [0.2, 0.25) is 0 Å². The molecule has 0 aliphatic rings. The van der Waals surface area contributed by atoms with Crippen LogP contribution in [0.4, 0.5) is 0 Å². The van der Waals surface area contributed by atoms with Gasteiger partial charge in [0.2, 0.25) is 0 Å². The summed E-state index contributed by atoms with van der Waals surface area (Å²) in [5.41, 5.74) is 1.41. The van der Waals surface area contributed by atoms with Crippen molar-refractivity contribution in [3.63, 3.8) is 0 Å². The van der Waals surface area contributed by atoms with E-state index < -0.39 is 0 Å². The van der Waals surface area contributed by atoms with Crippen LogP contribution in [-0.2, 0) is 6.42 Å². The van der Waals surface area contributed by atoms with Gasteiger partial charge in [0.1, 0.15) is 5.75 Å². The van der Waals surface area contributed by atoms with Gasteiger partial charge in [0.25, 0.3) is 0 Å². The van der Waals surface area contributed by atoms with Crippen LogP contribution in [0.1, 0.15) is 18.4 Å². The molecule has 2 rings (SSSR count). The number of rotatable bonds is 6. The quantitative estimate of drug-likeness (QED) is 0.541. The van der Waals surface area contributed by atoms with E-state index in [-0.39, 0.29) is 0 Å². The fraction of sp³-hybridized carbons (Fsp3) is 0.250. The lowest BCUT2D eigenvalue weighted by Gasteiger charge is -2.07. The van der Waals surface area contributed by atoms with E-state index in [1.165, 1.54) is 15.6 Å². The standard InChI is InChI=1S/C16H17IO/c17-15-11-4-5-12-16(15)18-13-7-6-10-14-8-2-1-3-9-14/h1-5,8-9,11-12H,6-7,10,13H2. The molecule has 0 N–H and O–H groups in total. The average Bonchev–Trinajstić information content (AvgIpc) is 2.42. The summed E-state index contributed by atoms with van der Waals surface area (Å²) >= 11 is 2.31. The zero-order chi connectivity index (χ0) is 12.6. The second-order valence-corrected chi connectivity index (χ2v) is 5.38. The molecule has 0 radical (unpaired) electrons. The van der Waals surface area contributed by atoms with E-state index in [1.807, 2.05) is 18.2 Å². The lowest BCUT2D eigenvalue weighted by molar-refractivity contribution is 0.305. The van der Waals surface area contributed by atoms with Crippen molar-refractivity contribution in [3.05, 3.63) is 63.7 Å². The predicted octanol–water partition coefficient (Wildman–Crippen LogP) is 4.69. The summed E-state index contributed by atoms with van der Waals surface area (Å²) < 4.78 is 6.95. The highest BCUT2D eigenvalue weighted by Gasteiger charge is 1.98. The first-order valence-corrected chi connectivity index (χ1v) is 7.35. The summed E-state index contributed by atoms with van der Waals surface area (Å²) in [5, 5.41) is 0. The highest BCUT2D eigenvalue weighted by atomic mass is 127. The number of benzene rings is 2. The molecule has 0 spiro atoms. The molecule has 0 aromatic heterocycles. The minimum atomic E-state index is 0.798. The number of aryl methyl sites for hydroxylation is 1. The molecule has 2 aromatic rings. The number of hydrogen-bond donors (Lipinski definition) is 0. The van der Waals surface area contributed by atoms with Gasteiger partial charge in [-0.25, -0.2) is 0 Å². The Bertz CT molecular complexity index is 468. The van der Waals surface area contributed by atoms with Crippen molar-refractivity contribution >= 4 is 22.6 Å². The predicted molar refractivity (Wildman–Crippen MR) is 84.0 cm³/mol. The Balaban J connectivity index is 1.66. The van der Waals surface area contributed by atoms with Gasteiger partial charge in [-0.2, -0.15) is 0 Å². The van der Waals surface area contributed by atoms with Gasteiger partial charge in [0.05, 0.1) is 10.2 Å². The fourth-order valence-corrected chi connectivity index (χ4v) is 2.36. The van der Waals surface area contributed by atoms with Crippen molar-refractivity contribution in [1.82, 2.24) is 0 Å². The Morgan fingerprint density at radius 1 is 0.833 bits per heavy atom. The van der Waals surface area contributed by atoms with Crippen LogP contribution in [-0.4, -0.2) is 6.61 Å². The van der Waals surface area contributed by atoms with Crippen molar-refractivity contribution in [2.75, 3.05) is 6.61 Å². The van der Waals surface area contributed by atoms with Crippen molar-refractivity contribution < 1.29 is 4.74 Å². The van der Waals surface area contributed by atoms with Gasteiger partial charge in [-0.15, -0.1) is 0 Å². The summed E-state index contributed by atoms with van der Waals surface area (Å²) in [4.78, 5) is 0. The van der Waals surface area contributed by atoms with E-state index in [9.17, 15) is 0 Å². The van der Waals surface area contributed by atoms with Crippen molar-refractivity contribution in [1.29, 1.82) is 0 Å². The number of para-hydroxylation sites is 1. The monoisotopic (exact) mass is 352 g/mol.